The van der Waals surface area contributed by atoms with Crippen molar-refractivity contribution < 1.29 is 19.0 Å². The summed E-state index contributed by atoms with van der Waals surface area (Å²) in [7, 11) is 0. The predicted octanol–water partition coefficient (Wildman–Crippen LogP) is 2.05. The highest BCUT2D eigenvalue weighted by molar-refractivity contribution is 5.78. The monoisotopic (exact) mass is 289 g/mol. The molecule has 0 fully saturated rings. The maximum absolute atomic E-state index is 12.7. The first-order valence-electron chi connectivity index (χ1n) is 6.52. The quantitative estimate of drug-likeness (QED) is 0.855. The van der Waals surface area contributed by atoms with Crippen LogP contribution in [0.2, 0.25) is 0 Å². The molecule has 0 saturated carbocycles. The molecule has 21 heavy (non-hydrogen) atoms. The molecule has 0 heterocycles. The Hall–Kier alpha value is -2.40. The Kier molecular flexibility index (Phi) is 5.29. The van der Waals surface area contributed by atoms with Crippen LogP contribution in [0, 0.1) is 5.82 Å². The number of ether oxygens (including phenoxy) is 1. The number of hydrogen-bond donors (Lipinski definition) is 2. The summed E-state index contributed by atoms with van der Waals surface area (Å²) >= 11 is 0. The van der Waals surface area contributed by atoms with Gasteiger partial charge in [0.05, 0.1) is 12.6 Å². The maximum atomic E-state index is 12.7. The summed E-state index contributed by atoms with van der Waals surface area (Å²) < 4.78 is 18.0. The number of carbonyl (C=O) groups excluding carboxylic acids is 1. The van der Waals surface area contributed by atoms with Crippen molar-refractivity contribution >= 4 is 5.91 Å². The summed E-state index contributed by atoms with van der Waals surface area (Å²) in [4.78, 5) is 11.8. The fraction of sp³-hybridized carbons (Fsp3) is 0.188. The first kappa shape index (κ1) is 15.0. The molecule has 1 unspecified atom stereocenters. The molecule has 2 aromatic rings. The topological polar surface area (TPSA) is 58.6 Å². The Morgan fingerprint density at radius 3 is 2.43 bits per heavy atom. The second-order valence-corrected chi connectivity index (χ2v) is 4.46. The molecule has 0 aromatic heterocycles. The molecule has 0 aliphatic rings. The molecule has 0 aliphatic heterocycles. The summed E-state index contributed by atoms with van der Waals surface area (Å²) in [5, 5.41) is 12.0. The molecule has 0 saturated heterocycles. The minimum atomic E-state index is -0.476. The van der Waals surface area contributed by atoms with Crippen molar-refractivity contribution in [3.63, 3.8) is 0 Å². The molecule has 110 valence electrons. The largest absolute Gasteiger partial charge is 0.484 e. The van der Waals surface area contributed by atoms with Gasteiger partial charge in [0.2, 0.25) is 0 Å². The Balaban J connectivity index is 1.87. The molecule has 0 bridgehead atoms. The first-order chi connectivity index (χ1) is 10.2. The van der Waals surface area contributed by atoms with Gasteiger partial charge in [-0.2, -0.15) is 0 Å². The van der Waals surface area contributed by atoms with Crippen molar-refractivity contribution in [2.45, 2.75) is 6.04 Å². The number of aliphatic hydroxyl groups excluding tert-OH is 1. The third-order valence-electron chi connectivity index (χ3n) is 2.90. The molecule has 2 aromatic carbocycles. The molecular weight excluding hydrogens is 273 g/mol. The van der Waals surface area contributed by atoms with Gasteiger partial charge in [0.15, 0.2) is 6.61 Å². The van der Waals surface area contributed by atoms with E-state index in [0.29, 0.717) is 5.75 Å². The zero-order chi connectivity index (χ0) is 15.1. The highest BCUT2D eigenvalue weighted by Crippen LogP contribution is 2.13. The van der Waals surface area contributed by atoms with Gasteiger partial charge in [-0.3, -0.25) is 4.79 Å². The third kappa shape index (κ3) is 4.57. The van der Waals surface area contributed by atoms with Crippen LogP contribution >= 0.6 is 0 Å². The molecule has 0 spiro atoms. The Labute approximate surface area is 122 Å². The van der Waals surface area contributed by atoms with Crippen LogP contribution in [0.3, 0.4) is 0 Å². The number of benzene rings is 2. The lowest BCUT2D eigenvalue weighted by molar-refractivity contribution is -0.124. The van der Waals surface area contributed by atoms with E-state index in [9.17, 15) is 14.3 Å². The zero-order valence-electron chi connectivity index (χ0n) is 11.3. The molecule has 2 N–H and O–H groups in total. The van der Waals surface area contributed by atoms with Crippen LogP contribution in [0.15, 0.2) is 54.6 Å². The average Bonchev–Trinajstić information content (AvgIpc) is 2.53. The third-order valence-corrected chi connectivity index (χ3v) is 2.90. The van der Waals surface area contributed by atoms with Gasteiger partial charge in [-0.1, -0.05) is 30.3 Å². The van der Waals surface area contributed by atoms with E-state index >= 15 is 0 Å². The number of halogens is 1. The van der Waals surface area contributed by atoms with E-state index < -0.39 is 6.04 Å². The summed E-state index contributed by atoms with van der Waals surface area (Å²) in [5.74, 6) is -0.315. The van der Waals surface area contributed by atoms with Crippen molar-refractivity contribution in [2.24, 2.45) is 0 Å². The second-order valence-electron chi connectivity index (χ2n) is 4.46. The summed E-state index contributed by atoms with van der Waals surface area (Å²) in [6, 6.07) is 14.1. The normalized spacial score (nSPS) is 11.7. The van der Waals surface area contributed by atoms with Gasteiger partial charge in [-0.25, -0.2) is 4.39 Å². The van der Waals surface area contributed by atoms with Crippen LogP contribution in [0.5, 0.6) is 5.75 Å². The highest BCUT2D eigenvalue weighted by atomic mass is 19.1. The molecule has 5 heteroatoms. The molecule has 2 rings (SSSR count). The number of rotatable bonds is 6. The SMILES string of the molecule is O=C(COc1ccc(F)cc1)NC(CO)c1ccccc1. The van der Waals surface area contributed by atoms with Crippen molar-refractivity contribution in [3.05, 3.63) is 66.0 Å². The van der Waals surface area contributed by atoms with Crippen LogP contribution in [-0.4, -0.2) is 24.2 Å². The van der Waals surface area contributed by atoms with E-state index in [1.54, 1.807) is 0 Å². The second kappa shape index (κ2) is 7.40. The Bertz CT molecular complexity index is 572. The van der Waals surface area contributed by atoms with E-state index in [-0.39, 0.29) is 24.9 Å². The minimum Gasteiger partial charge on any atom is -0.484 e. The number of amides is 1. The maximum Gasteiger partial charge on any atom is 0.258 e. The van der Waals surface area contributed by atoms with Crippen molar-refractivity contribution in [1.29, 1.82) is 0 Å². The standard InChI is InChI=1S/C16H16FNO3/c17-13-6-8-14(9-7-13)21-11-16(20)18-15(10-19)12-4-2-1-3-5-12/h1-9,15,19H,10-11H2,(H,18,20). The van der Waals surface area contributed by atoms with Crippen LogP contribution in [0.4, 0.5) is 4.39 Å². The minimum absolute atomic E-state index is 0.199. The van der Waals surface area contributed by atoms with Gasteiger partial charge in [-0.15, -0.1) is 0 Å². The smallest absolute Gasteiger partial charge is 0.258 e. The van der Waals surface area contributed by atoms with Crippen molar-refractivity contribution in [1.82, 2.24) is 5.32 Å². The fourth-order valence-electron chi connectivity index (χ4n) is 1.84. The van der Waals surface area contributed by atoms with Crippen molar-refractivity contribution in [3.8, 4) is 5.75 Å². The molecule has 0 radical (unpaired) electrons. The van der Waals surface area contributed by atoms with Gasteiger partial charge in [0.25, 0.3) is 5.91 Å². The van der Waals surface area contributed by atoms with E-state index in [0.717, 1.165) is 5.56 Å². The van der Waals surface area contributed by atoms with Crippen LogP contribution in [0.1, 0.15) is 11.6 Å². The zero-order valence-corrected chi connectivity index (χ0v) is 11.3. The van der Waals surface area contributed by atoms with E-state index in [1.807, 2.05) is 30.3 Å². The van der Waals surface area contributed by atoms with Crippen LogP contribution in [-0.2, 0) is 4.79 Å². The molecular formula is C16H16FNO3. The Morgan fingerprint density at radius 2 is 1.81 bits per heavy atom. The summed E-state index contributed by atoms with van der Waals surface area (Å²) in [6.45, 7) is -0.402. The van der Waals surface area contributed by atoms with Gasteiger partial charge in [-0.05, 0) is 29.8 Å². The molecule has 4 nitrogen and oxygen atoms in total. The lowest BCUT2D eigenvalue weighted by Gasteiger charge is -2.16. The molecule has 1 amide bonds. The van der Waals surface area contributed by atoms with Gasteiger partial charge < -0.3 is 15.2 Å². The van der Waals surface area contributed by atoms with E-state index in [4.69, 9.17) is 4.74 Å². The van der Waals surface area contributed by atoms with Crippen LogP contribution < -0.4 is 10.1 Å². The van der Waals surface area contributed by atoms with E-state index in [2.05, 4.69) is 5.32 Å². The first-order valence-corrected chi connectivity index (χ1v) is 6.52. The summed E-state index contributed by atoms with van der Waals surface area (Å²) in [6.07, 6.45) is 0. The number of aliphatic hydroxyl groups is 1. The predicted molar refractivity (Wildman–Crippen MR) is 76.3 cm³/mol. The lowest BCUT2D eigenvalue weighted by atomic mass is 10.1. The fourth-order valence-corrected chi connectivity index (χ4v) is 1.84. The van der Waals surface area contributed by atoms with Crippen molar-refractivity contribution in [2.75, 3.05) is 13.2 Å². The van der Waals surface area contributed by atoms with Gasteiger partial charge >= 0.3 is 0 Å². The number of nitrogens with one attached hydrogen (secondary N) is 1. The van der Waals surface area contributed by atoms with Crippen LogP contribution in [0.25, 0.3) is 0 Å². The number of carbonyl (C=O) groups is 1. The highest BCUT2D eigenvalue weighted by Gasteiger charge is 2.13. The molecule has 1 atom stereocenters. The van der Waals surface area contributed by atoms with Gasteiger partial charge in [0.1, 0.15) is 11.6 Å². The van der Waals surface area contributed by atoms with E-state index in [1.165, 1.54) is 24.3 Å². The van der Waals surface area contributed by atoms with Gasteiger partial charge in [0, 0.05) is 0 Å². The number of hydrogen-bond acceptors (Lipinski definition) is 3. The average molecular weight is 289 g/mol. The molecule has 0 aliphatic carbocycles. The Morgan fingerprint density at radius 1 is 1.14 bits per heavy atom. The lowest BCUT2D eigenvalue weighted by Crippen LogP contribution is -2.34. The summed E-state index contributed by atoms with van der Waals surface area (Å²) in [5.41, 5.74) is 0.815.